The fourth-order valence-electron chi connectivity index (χ4n) is 1.92. The molecule has 0 fully saturated rings. The number of allylic oxidation sites excluding steroid dienone is 1. The van der Waals surface area contributed by atoms with E-state index in [1.807, 2.05) is 43.3 Å². The molecule has 0 bridgehead atoms. The van der Waals surface area contributed by atoms with E-state index < -0.39 is 0 Å². The van der Waals surface area contributed by atoms with Crippen molar-refractivity contribution in [2.45, 2.75) is 25.8 Å². The van der Waals surface area contributed by atoms with Crippen LogP contribution >= 0.6 is 0 Å². The maximum absolute atomic E-state index is 11.8. The lowest BCUT2D eigenvalue weighted by molar-refractivity contribution is -0.121. The standard InChI is InChI=1S/C15H20N2O2/c1-12(17-13-7-3-2-4-8-13)11-16-15(18)14-9-5-6-10-19-14/h2-4,7-9,12,17H,5-6,10-11H2,1H3,(H,16,18)/t12-/m1/s1. The monoisotopic (exact) mass is 260 g/mol. The summed E-state index contributed by atoms with van der Waals surface area (Å²) in [6.45, 7) is 3.23. The molecule has 0 aliphatic carbocycles. The van der Waals surface area contributed by atoms with Gasteiger partial charge in [0.15, 0.2) is 5.76 Å². The second kappa shape index (κ2) is 6.83. The third-order valence-electron chi connectivity index (χ3n) is 2.92. The largest absolute Gasteiger partial charge is 0.488 e. The highest BCUT2D eigenvalue weighted by molar-refractivity contribution is 5.91. The van der Waals surface area contributed by atoms with Gasteiger partial charge in [-0.2, -0.15) is 0 Å². The molecular weight excluding hydrogens is 240 g/mol. The Morgan fingerprint density at radius 1 is 1.37 bits per heavy atom. The highest BCUT2D eigenvalue weighted by atomic mass is 16.5. The zero-order valence-electron chi connectivity index (χ0n) is 11.2. The van der Waals surface area contributed by atoms with Crippen LogP contribution in [0, 0.1) is 0 Å². The average Bonchev–Trinajstić information content (AvgIpc) is 2.47. The summed E-state index contributed by atoms with van der Waals surface area (Å²) in [6.07, 6.45) is 3.76. The maximum atomic E-state index is 11.8. The molecule has 1 aliphatic rings. The highest BCUT2D eigenvalue weighted by Crippen LogP contribution is 2.10. The summed E-state index contributed by atoms with van der Waals surface area (Å²) in [4.78, 5) is 11.8. The number of rotatable bonds is 5. The van der Waals surface area contributed by atoms with Gasteiger partial charge in [-0.1, -0.05) is 18.2 Å². The number of hydrogen-bond donors (Lipinski definition) is 2. The van der Waals surface area contributed by atoms with Crippen molar-refractivity contribution in [3.63, 3.8) is 0 Å². The molecule has 0 unspecified atom stereocenters. The molecule has 4 heteroatoms. The first-order valence-corrected chi connectivity index (χ1v) is 6.68. The van der Waals surface area contributed by atoms with Crippen LogP contribution in [0.4, 0.5) is 5.69 Å². The first-order valence-electron chi connectivity index (χ1n) is 6.68. The van der Waals surface area contributed by atoms with Gasteiger partial charge in [-0.3, -0.25) is 4.79 Å². The number of carbonyl (C=O) groups excluding carboxylic acids is 1. The molecule has 19 heavy (non-hydrogen) atoms. The van der Waals surface area contributed by atoms with Crippen molar-refractivity contribution in [3.8, 4) is 0 Å². The molecule has 1 heterocycles. The van der Waals surface area contributed by atoms with Gasteiger partial charge >= 0.3 is 0 Å². The number of para-hydroxylation sites is 1. The van der Waals surface area contributed by atoms with Gasteiger partial charge in [-0.25, -0.2) is 0 Å². The number of nitrogens with one attached hydrogen (secondary N) is 2. The van der Waals surface area contributed by atoms with E-state index in [2.05, 4.69) is 10.6 Å². The number of benzene rings is 1. The predicted octanol–water partition coefficient (Wildman–Crippen LogP) is 2.30. The van der Waals surface area contributed by atoms with E-state index in [0.29, 0.717) is 18.9 Å². The Labute approximate surface area is 113 Å². The SMILES string of the molecule is C[C@H](CNC(=O)C1=CCCCO1)Nc1ccccc1. The van der Waals surface area contributed by atoms with Crippen molar-refractivity contribution in [2.75, 3.05) is 18.5 Å². The van der Waals surface area contributed by atoms with Crippen molar-refractivity contribution in [3.05, 3.63) is 42.2 Å². The summed E-state index contributed by atoms with van der Waals surface area (Å²) in [5.74, 6) is 0.333. The van der Waals surface area contributed by atoms with Crippen LogP contribution in [0.25, 0.3) is 0 Å². The minimum atomic E-state index is -0.124. The Morgan fingerprint density at radius 2 is 2.16 bits per heavy atom. The third-order valence-corrected chi connectivity index (χ3v) is 2.92. The van der Waals surface area contributed by atoms with Gasteiger partial charge in [0.25, 0.3) is 5.91 Å². The topological polar surface area (TPSA) is 50.4 Å². The Bertz CT molecular complexity index is 443. The van der Waals surface area contributed by atoms with Gasteiger partial charge in [-0.15, -0.1) is 0 Å². The van der Waals surface area contributed by atoms with Crippen LogP contribution in [-0.4, -0.2) is 25.1 Å². The quantitative estimate of drug-likeness (QED) is 0.854. The van der Waals surface area contributed by atoms with Crippen LogP contribution < -0.4 is 10.6 Å². The van der Waals surface area contributed by atoms with Crippen LogP contribution in [0.15, 0.2) is 42.2 Å². The lowest BCUT2D eigenvalue weighted by Crippen LogP contribution is -2.36. The van der Waals surface area contributed by atoms with Crippen molar-refractivity contribution >= 4 is 11.6 Å². The minimum Gasteiger partial charge on any atom is -0.488 e. The zero-order chi connectivity index (χ0) is 13.5. The number of anilines is 1. The smallest absolute Gasteiger partial charge is 0.286 e. The van der Waals surface area contributed by atoms with Crippen molar-refractivity contribution < 1.29 is 9.53 Å². The van der Waals surface area contributed by atoms with Crippen molar-refractivity contribution in [2.24, 2.45) is 0 Å². The lowest BCUT2D eigenvalue weighted by Gasteiger charge is -2.18. The lowest BCUT2D eigenvalue weighted by atomic mass is 10.2. The van der Waals surface area contributed by atoms with Crippen LogP contribution in [0.2, 0.25) is 0 Å². The fourth-order valence-corrected chi connectivity index (χ4v) is 1.92. The summed E-state index contributed by atoms with van der Waals surface area (Å²) in [6, 6.07) is 10.1. The van der Waals surface area contributed by atoms with Crippen LogP contribution in [-0.2, 0) is 9.53 Å². The Hall–Kier alpha value is -1.97. The molecule has 2 N–H and O–H groups in total. The molecule has 1 aromatic carbocycles. The molecule has 1 atom stereocenters. The number of carbonyl (C=O) groups is 1. The molecule has 0 saturated carbocycles. The summed E-state index contributed by atoms with van der Waals surface area (Å²) in [5, 5.41) is 6.20. The highest BCUT2D eigenvalue weighted by Gasteiger charge is 2.14. The Kier molecular flexibility index (Phi) is 4.84. The number of ether oxygens (including phenoxy) is 1. The minimum absolute atomic E-state index is 0.124. The molecule has 4 nitrogen and oxygen atoms in total. The molecule has 0 aromatic heterocycles. The maximum Gasteiger partial charge on any atom is 0.286 e. The predicted molar refractivity (Wildman–Crippen MR) is 75.8 cm³/mol. The Morgan fingerprint density at radius 3 is 2.84 bits per heavy atom. The first-order chi connectivity index (χ1) is 9.25. The fraction of sp³-hybridized carbons (Fsp3) is 0.400. The van der Waals surface area contributed by atoms with Gasteiger partial charge < -0.3 is 15.4 Å². The van der Waals surface area contributed by atoms with Crippen molar-refractivity contribution in [1.82, 2.24) is 5.32 Å². The summed E-state index contributed by atoms with van der Waals surface area (Å²) < 4.78 is 5.32. The molecule has 1 amide bonds. The second-order valence-electron chi connectivity index (χ2n) is 4.68. The molecule has 102 valence electrons. The van der Waals surface area contributed by atoms with Crippen LogP contribution in [0.5, 0.6) is 0 Å². The Balaban J connectivity index is 1.75. The van der Waals surface area contributed by atoms with Gasteiger partial charge in [0.05, 0.1) is 6.61 Å². The van der Waals surface area contributed by atoms with Gasteiger partial charge in [-0.05, 0) is 38.0 Å². The summed E-state index contributed by atoms with van der Waals surface area (Å²) in [7, 11) is 0. The van der Waals surface area contributed by atoms with Crippen LogP contribution in [0.1, 0.15) is 19.8 Å². The molecular formula is C15H20N2O2. The average molecular weight is 260 g/mol. The number of hydrogen-bond acceptors (Lipinski definition) is 3. The van der Waals surface area contributed by atoms with E-state index in [0.717, 1.165) is 18.5 Å². The molecule has 1 aromatic rings. The molecule has 0 radical (unpaired) electrons. The normalized spacial score (nSPS) is 15.9. The van der Waals surface area contributed by atoms with E-state index >= 15 is 0 Å². The van der Waals surface area contributed by atoms with Crippen LogP contribution in [0.3, 0.4) is 0 Å². The zero-order valence-corrected chi connectivity index (χ0v) is 11.2. The molecule has 0 saturated heterocycles. The van der Waals surface area contributed by atoms with Crippen molar-refractivity contribution in [1.29, 1.82) is 0 Å². The van der Waals surface area contributed by atoms with Gasteiger partial charge in [0.1, 0.15) is 0 Å². The van der Waals surface area contributed by atoms with E-state index in [9.17, 15) is 4.79 Å². The van der Waals surface area contributed by atoms with Gasteiger partial charge in [0.2, 0.25) is 0 Å². The summed E-state index contributed by atoms with van der Waals surface area (Å²) in [5.41, 5.74) is 1.05. The van der Waals surface area contributed by atoms with Gasteiger partial charge in [0, 0.05) is 18.3 Å². The van der Waals surface area contributed by atoms with E-state index in [4.69, 9.17) is 4.74 Å². The summed E-state index contributed by atoms with van der Waals surface area (Å²) >= 11 is 0. The molecule has 0 spiro atoms. The number of amides is 1. The molecule has 1 aliphatic heterocycles. The first kappa shape index (κ1) is 13.5. The second-order valence-corrected chi connectivity index (χ2v) is 4.68. The third kappa shape index (κ3) is 4.32. The van der Waals surface area contributed by atoms with E-state index in [1.165, 1.54) is 0 Å². The van der Waals surface area contributed by atoms with E-state index in [-0.39, 0.29) is 11.9 Å². The van der Waals surface area contributed by atoms with E-state index in [1.54, 1.807) is 0 Å². The molecule has 2 rings (SSSR count).